The van der Waals surface area contributed by atoms with Gasteiger partial charge in [0.05, 0.1) is 12.6 Å². The van der Waals surface area contributed by atoms with Crippen LogP contribution in [0.4, 0.5) is 0 Å². The van der Waals surface area contributed by atoms with Gasteiger partial charge in [0.1, 0.15) is 0 Å². The molecule has 5 heteroatoms. The minimum atomic E-state index is -0.329. The normalized spacial score (nSPS) is 18.4. The lowest BCUT2D eigenvalue weighted by atomic mass is 10.3. The molecule has 0 bridgehead atoms. The topological polar surface area (TPSA) is 62.4 Å². The molecule has 2 rings (SSSR count). The highest BCUT2D eigenvalue weighted by atomic mass is 16.5. The van der Waals surface area contributed by atoms with Gasteiger partial charge in [-0.25, -0.2) is 0 Å². The van der Waals surface area contributed by atoms with Crippen molar-refractivity contribution in [2.75, 3.05) is 13.6 Å². The van der Waals surface area contributed by atoms with Crippen LogP contribution in [-0.2, 0) is 6.54 Å². The summed E-state index contributed by atoms with van der Waals surface area (Å²) in [4.78, 5) is 6.30. The smallest absolute Gasteiger partial charge is 0.229 e. The molecule has 1 aromatic rings. The monoisotopic (exact) mass is 211 g/mol. The molecule has 0 aromatic carbocycles. The van der Waals surface area contributed by atoms with Crippen LogP contribution in [0.25, 0.3) is 0 Å². The Morgan fingerprint density at radius 3 is 2.93 bits per heavy atom. The predicted molar refractivity (Wildman–Crippen MR) is 54.3 cm³/mol. The highest BCUT2D eigenvalue weighted by Gasteiger charge is 2.29. The van der Waals surface area contributed by atoms with Crippen LogP contribution in [0.1, 0.15) is 37.4 Å². The van der Waals surface area contributed by atoms with Crippen molar-refractivity contribution in [3.8, 4) is 0 Å². The summed E-state index contributed by atoms with van der Waals surface area (Å²) in [6.07, 6.45) is 2.01. The average Bonchev–Trinajstić information content (AvgIpc) is 2.87. The van der Waals surface area contributed by atoms with E-state index in [2.05, 4.69) is 10.1 Å². The third kappa shape index (κ3) is 3.00. The summed E-state index contributed by atoms with van der Waals surface area (Å²) in [5.41, 5.74) is 0. The van der Waals surface area contributed by atoms with Crippen LogP contribution in [0.15, 0.2) is 4.52 Å². The summed E-state index contributed by atoms with van der Waals surface area (Å²) >= 11 is 0. The van der Waals surface area contributed by atoms with Crippen LogP contribution < -0.4 is 0 Å². The van der Waals surface area contributed by atoms with Crippen LogP contribution >= 0.6 is 0 Å². The SMILES string of the molecule is CC(O)CN(C)Cc1noc(C2CC2)n1. The Morgan fingerprint density at radius 1 is 1.60 bits per heavy atom. The van der Waals surface area contributed by atoms with Crippen molar-refractivity contribution in [1.82, 2.24) is 15.0 Å². The number of aliphatic hydroxyl groups is 1. The lowest BCUT2D eigenvalue weighted by Crippen LogP contribution is -2.27. The summed E-state index contributed by atoms with van der Waals surface area (Å²) in [7, 11) is 1.93. The lowest BCUT2D eigenvalue weighted by Gasteiger charge is -2.15. The van der Waals surface area contributed by atoms with E-state index in [1.54, 1.807) is 6.92 Å². The first-order valence-corrected chi connectivity index (χ1v) is 5.34. The van der Waals surface area contributed by atoms with Gasteiger partial charge in [0.15, 0.2) is 5.82 Å². The minimum Gasteiger partial charge on any atom is -0.392 e. The molecular weight excluding hydrogens is 194 g/mol. The van der Waals surface area contributed by atoms with Gasteiger partial charge in [-0.15, -0.1) is 0 Å². The van der Waals surface area contributed by atoms with Gasteiger partial charge in [-0.2, -0.15) is 4.98 Å². The molecule has 1 N–H and O–H groups in total. The van der Waals surface area contributed by atoms with E-state index in [0.29, 0.717) is 24.8 Å². The maximum absolute atomic E-state index is 9.20. The molecule has 5 nitrogen and oxygen atoms in total. The first-order valence-electron chi connectivity index (χ1n) is 5.34. The Kier molecular flexibility index (Phi) is 3.02. The van der Waals surface area contributed by atoms with Crippen molar-refractivity contribution in [2.24, 2.45) is 0 Å². The van der Waals surface area contributed by atoms with Gasteiger partial charge in [-0.05, 0) is 26.8 Å². The van der Waals surface area contributed by atoms with Crippen LogP contribution in [0, 0.1) is 0 Å². The number of hydrogen-bond donors (Lipinski definition) is 1. The maximum atomic E-state index is 9.20. The molecule has 0 saturated heterocycles. The number of likely N-dealkylation sites (N-methyl/N-ethyl adjacent to an activating group) is 1. The van der Waals surface area contributed by atoms with Crippen molar-refractivity contribution in [3.63, 3.8) is 0 Å². The molecule has 1 heterocycles. The molecule has 1 aromatic heterocycles. The zero-order valence-electron chi connectivity index (χ0n) is 9.18. The van der Waals surface area contributed by atoms with E-state index >= 15 is 0 Å². The summed E-state index contributed by atoms with van der Waals surface area (Å²) in [5.74, 6) is 1.99. The second kappa shape index (κ2) is 4.28. The predicted octanol–water partition coefficient (Wildman–Crippen LogP) is 0.760. The summed E-state index contributed by atoms with van der Waals surface area (Å²) in [6.45, 7) is 3.01. The van der Waals surface area contributed by atoms with Gasteiger partial charge in [0, 0.05) is 12.5 Å². The molecule has 15 heavy (non-hydrogen) atoms. The first-order chi connectivity index (χ1) is 7.15. The Bertz CT molecular complexity index is 320. The number of aromatic nitrogens is 2. The zero-order chi connectivity index (χ0) is 10.8. The molecule has 1 unspecified atom stereocenters. The molecule has 1 aliphatic carbocycles. The average molecular weight is 211 g/mol. The molecule has 1 atom stereocenters. The second-order valence-electron chi connectivity index (χ2n) is 4.37. The zero-order valence-corrected chi connectivity index (χ0v) is 9.18. The van der Waals surface area contributed by atoms with E-state index in [1.165, 1.54) is 12.8 Å². The highest BCUT2D eigenvalue weighted by Crippen LogP contribution is 2.38. The molecule has 0 aliphatic heterocycles. The van der Waals surface area contributed by atoms with Crippen molar-refractivity contribution < 1.29 is 9.63 Å². The van der Waals surface area contributed by atoms with Crippen LogP contribution in [-0.4, -0.2) is 39.8 Å². The quantitative estimate of drug-likeness (QED) is 0.779. The Hall–Kier alpha value is -0.940. The molecule has 1 fully saturated rings. The summed E-state index contributed by atoms with van der Waals surface area (Å²) in [6, 6.07) is 0. The van der Waals surface area contributed by atoms with E-state index < -0.39 is 0 Å². The fourth-order valence-corrected chi connectivity index (χ4v) is 1.58. The van der Waals surface area contributed by atoms with Crippen molar-refractivity contribution in [1.29, 1.82) is 0 Å². The van der Waals surface area contributed by atoms with Crippen molar-refractivity contribution >= 4 is 0 Å². The van der Waals surface area contributed by atoms with Gasteiger partial charge >= 0.3 is 0 Å². The standard InChI is InChI=1S/C10H17N3O2/c1-7(14)5-13(2)6-9-11-10(15-12-9)8-3-4-8/h7-8,14H,3-6H2,1-2H3. The van der Waals surface area contributed by atoms with Gasteiger partial charge in [0.2, 0.25) is 5.89 Å². The third-order valence-electron chi connectivity index (χ3n) is 2.40. The van der Waals surface area contributed by atoms with Gasteiger partial charge in [-0.3, -0.25) is 4.90 Å². The van der Waals surface area contributed by atoms with Crippen LogP contribution in [0.5, 0.6) is 0 Å². The maximum Gasteiger partial charge on any atom is 0.229 e. The molecule has 84 valence electrons. The van der Waals surface area contributed by atoms with Gasteiger partial charge in [0.25, 0.3) is 0 Å². The largest absolute Gasteiger partial charge is 0.392 e. The number of hydrogen-bond acceptors (Lipinski definition) is 5. The van der Waals surface area contributed by atoms with E-state index in [9.17, 15) is 5.11 Å². The number of nitrogens with zero attached hydrogens (tertiary/aromatic N) is 3. The first kappa shape index (κ1) is 10.6. The highest BCUT2D eigenvalue weighted by molar-refractivity contribution is 5.01. The number of aliphatic hydroxyl groups excluding tert-OH is 1. The fraction of sp³-hybridized carbons (Fsp3) is 0.800. The summed E-state index contributed by atoms with van der Waals surface area (Å²) < 4.78 is 5.14. The van der Waals surface area contributed by atoms with Crippen molar-refractivity contribution in [2.45, 2.75) is 38.3 Å². The molecule has 0 spiro atoms. The van der Waals surface area contributed by atoms with Crippen LogP contribution in [0.2, 0.25) is 0 Å². The third-order valence-corrected chi connectivity index (χ3v) is 2.40. The van der Waals surface area contributed by atoms with Gasteiger partial charge in [-0.1, -0.05) is 5.16 Å². The molecule has 0 amide bonds. The van der Waals surface area contributed by atoms with Crippen molar-refractivity contribution in [3.05, 3.63) is 11.7 Å². The van der Waals surface area contributed by atoms with E-state index in [4.69, 9.17) is 4.52 Å². The molecule has 0 radical (unpaired) electrons. The Balaban J connectivity index is 1.86. The minimum absolute atomic E-state index is 0.329. The summed E-state index contributed by atoms with van der Waals surface area (Å²) in [5, 5.41) is 13.1. The second-order valence-corrected chi connectivity index (χ2v) is 4.37. The Labute approximate surface area is 89.1 Å². The molecular formula is C10H17N3O2. The van der Waals surface area contributed by atoms with Gasteiger partial charge < -0.3 is 9.63 Å². The lowest BCUT2D eigenvalue weighted by molar-refractivity contribution is 0.136. The fourth-order valence-electron chi connectivity index (χ4n) is 1.58. The van der Waals surface area contributed by atoms with Crippen LogP contribution in [0.3, 0.4) is 0 Å². The molecule has 1 saturated carbocycles. The van der Waals surface area contributed by atoms with E-state index in [0.717, 1.165) is 5.89 Å². The van der Waals surface area contributed by atoms with E-state index in [1.807, 2.05) is 11.9 Å². The number of rotatable bonds is 5. The molecule has 1 aliphatic rings. The van der Waals surface area contributed by atoms with E-state index in [-0.39, 0.29) is 6.10 Å². The Morgan fingerprint density at radius 2 is 2.33 bits per heavy atom.